The summed E-state index contributed by atoms with van der Waals surface area (Å²) in [4.78, 5) is 11.3. The van der Waals surface area contributed by atoms with Gasteiger partial charge in [-0.05, 0) is 22.9 Å². The Morgan fingerprint density at radius 1 is 1.80 bits per heavy atom. The highest BCUT2D eigenvalue weighted by Gasteiger charge is 2.18. The first-order valence-corrected chi connectivity index (χ1v) is 5.44. The second-order valence-electron chi connectivity index (χ2n) is 3.13. The van der Waals surface area contributed by atoms with Crippen molar-refractivity contribution in [3.8, 4) is 0 Å². The van der Waals surface area contributed by atoms with Crippen LogP contribution >= 0.6 is 15.9 Å². The summed E-state index contributed by atoms with van der Waals surface area (Å²) in [6, 6.07) is -0.642. The molecule has 2 N–H and O–H groups in total. The van der Waals surface area contributed by atoms with Crippen molar-refractivity contribution < 1.29 is 9.53 Å². The van der Waals surface area contributed by atoms with Crippen LogP contribution in [0, 0.1) is 0 Å². The van der Waals surface area contributed by atoms with E-state index in [0.29, 0.717) is 13.0 Å². The minimum atomic E-state index is -0.642. The topological polar surface area (TPSA) is 70.1 Å². The summed E-state index contributed by atoms with van der Waals surface area (Å²) in [5.41, 5.74) is 6.58. The van der Waals surface area contributed by atoms with Gasteiger partial charge in [0, 0.05) is 13.5 Å². The van der Waals surface area contributed by atoms with Gasteiger partial charge in [-0.3, -0.25) is 9.48 Å². The van der Waals surface area contributed by atoms with Gasteiger partial charge in [-0.25, -0.2) is 0 Å². The molecule has 1 rings (SSSR count). The second-order valence-corrected chi connectivity index (χ2v) is 3.98. The van der Waals surface area contributed by atoms with Gasteiger partial charge in [-0.15, -0.1) is 0 Å². The second kappa shape index (κ2) is 5.27. The van der Waals surface area contributed by atoms with Crippen LogP contribution in [0.25, 0.3) is 0 Å². The number of esters is 1. The van der Waals surface area contributed by atoms with Crippen LogP contribution in [0.3, 0.4) is 0 Å². The van der Waals surface area contributed by atoms with Crippen LogP contribution in [0.4, 0.5) is 0 Å². The smallest absolute Gasteiger partial charge is 0.323 e. The van der Waals surface area contributed by atoms with Crippen molar-refractivity contribution in [3.05, 3.63) is 16.4 Å². The van der Waals surface area contributed by atoms with E-state index in [1.165, 1.54) is 0 Å². The van der Waals surface area contributed by atoms with Gasteiger partial charge in [0.25, 0.3) is 0 Å². The van der Waals surface area contributed by atoms with Crippen molar-refractivity contribution in [1.82, 2.24) is 9.78 Å². The quantitative estimate of drug-likeness (QED) is 0.818. The fraction of sp³-hybridized carbons (Fsp3) is 0.556. The summed E-state index contributed by atoms with van der Waals surface area (Å²) in [5.74, 6) is -0.384. The van der Waals surface area contributed by atoms with Gasteiger partial charge in [0.05, 0.1) is 23.0 Å². The largest absolute Gasteiger partial charge is 0.465 e. The fourth-order valence-electron chi connectivity index (χ4n) is 1.21. The molecule has 84 valence electrons. The van der Waals surface area contributed by atoms with E-state index in [0.717, 1.165) is 10.2 Å². The molecule has 1 heterocycles. The first kappa shape index (κ1) is 12.2. The molecule has 1 atom stereocenters. The van der Waals surface area contributed by atoms with Crippen molar-refractivity contribution >= 4 is 21.9 Å². The number of rotatable bonds is 4. The van der Waals surface area contributed by atoms with Crippen LogP contribution in [0.1, 0.15) is 12.6 Å². The molecule has 15 heavy (non-hydrogen) atoms. The number of nitrogens with two attached hydrogens (primary N) is 1. The van der Waals surface area contributed by atoms with Gasteiger partial charge in [0.1, 0.15) is 6.04 Å². The molecule has 1 aromatic rings. The first-order valence-electron chi connectivity index (χ1n) is 4.64. The molecule has 6 heteroatoms. The van der Waals surface area contributed by atoms with Crippen molar-refractivity contribution in [2.75, 3.05) is 6.61 Å². The Kier molecular flexibility index (Phi) is 4.28. The lowest BCUT2D eigenvalue weighted by Gasteiger charge is -2.10. The summed E-state index contributed by atoms with van der Waals surface area (Å²) in [5, 5.41) is 4.04. The normalized spacial score (nSPS) is 12.5. The lowest BCUT2D eigenvalue weighted by Crippen LogP contribution is -2.35. The Balaban J connectivity index is 2.66. The number of aromatic nitrogens is 2. The zero-order valence-electron chi connectivity index (χ0n) is 8.74. The molecule has 0 amide bonds. The monoisotopic (exact) mass is 275 g/mol. The number of halogens is 1. The minimum Gasteiger partial charge on any atom is -0.465 e. The SMILES string of the molecule is CCOC(=O)C(N)Cc1c(Br)cnn1C. The molecule has 0 bridgehead atoms. The van der Waals surface area contributed by atoms with Gasteiger partial charge in [0.15, 0.2) is 0 Å². The molecule has 1 unspecified atom stereocenters. The van der Waals surface area contributed by atoms with Gasteiger partial charge < -0.3 is 10.5 Å². The van der Waals surface area contributed by atoms with Crippen molar-refractivity contribution in [2.24, 2.45) is 12.8 Å². The van der Waals surface area contributed by atoms with Gasteiger partial charge in [-0.1, -0.05) is 0 Å². The number of hydrogen-bond acceptors (Lipinski definition) is 4. The van der Waals surface area contributed by atoms with E-state index in [-0.39, 0.29) is 5.97 Å². The molecule has 0 aliphatic rings. The Morgan fingerprint density at radius 3 is 2.93 bits per heavy atom. The average molecular weight is 276 g/mol. The maximum Gasteiger partial charge on any atom is 0.323 e. The van der Waals surface area contributed by atoms with Crippen LogP contribution in [0.15, 0.2) is 10.7 Å². The van der Waals surface area contributed by atoms with Gasteiger partial charge >= 0.3 is 5.97 Å². The zero-order valence-corrected chi connectivity index (χ0v) is 10.3. The molecule has 0 aliphatic heterocycles. The summed E-state index contributed by atoms with van der Waals surface area (Å²) in [6.07, 6.45) is 2.09. The Bertz CT molecular complexity index is 332. The molecule has 0 fully saturated rings. The number of hydrogen-bond donors (Lipinski definition) is 1. The third-order valence-electron chi connectivity index (χ3n) is 2.01. The number of carbonyl (C=O) groups excluding carboxylic acids is 1. The van der Waals surface area contributed by atoms with E-state index >= 15 is 0 Å². The Labute approximate surface area is 96.7 Å². The van der Waals surface area contributed by atoms with E-state index in [4.69, 9.17) is 10.5 Å². The summed E-state index contributed by atoms with van der Waals surface area (Å²) >= 11 is 3.34. The maximum absolute atomic E-state index is 11.3. The maximum atomic E-state index is 11.3. The molecular weight excluding hydrogens is 262 g/mol. The Morgan fingerprint density at radius 2 is 2.47 bits per heavy atom. The molecule has 1 aromatic heterocycles. The van der Waals surface area contributed by atoms with E-state index in [1.807, 2.05) is 0 Å². The van der Waals surface area contributed by atoms with Crippen LogP contribution in [0.5, 0.6) is 0 Å². The summed E-state index contributed by atoms with van der Waals surface area (Å²) in [7, 11) is 1.80. The standard InChI is InChI=1S/C9H14BrN3O2/c1-3-15-9(14)7(11)4-8-6(10)5-12-13(8)2/h5,7H,3-4,11H2,1-2H3. The third kappa shape index (κ3) is 3.04. The molecule has 0 saturated carbocycles. The molecule has 0 aromatic carbocycles. The number of carbonyl (C=O) groups is 1. The van der Waals surface area contributed by atoms with Gasteiger partial charge in [0.2, 0.25) is 0 Å². The van der Waals surface area contributed by atoms with Crippen LogP contribution in [-0.4, -0.2) is 28.4 Å². The summed E-state index contributed by atoms with van der Waals surface area (Å²) in [6.45, 7) is 2.10. The lowest BCUT2D eigenvalue weighted by molar-refractivity contribution is -0.144. The van der Waals surface area contributed by atoms with E-state index in [1.54, 1.807) is 24.9 Å². The van der Waals surface area contributed by atoms with E-state index in [9.17, 15) is 4.79 Å². The van der Waals surface area contributed by atoms with E-state index in [2.05, 4.69) is 21.0 Å². The molecule has 0 saturated heterocycles. The highest BCUT2D eigenvalue weighted by molar-refractivity contribution is 9.10. The van der Waals surface area contributed by atoms with E-state index < -0.39 is 6.04 Å². The number of nitrogens with zero attached hydrogens (tertiary/aromatic N) is 2. The predicted octanol–water partition coefficient (Wildman–Crippen LogP) is 0.615. The van der Waals surface area contributed by atoms with Crippen molar-refractivity contribution in [2.45, 2.75) is 19.4 Å². The zero-order chi connectivity index (χ0) is 11.4. The fourth-order valence-corrected chi connectivity index (χ4v) is 1.72. The van der Waals surface area contributed by atoms with Crippen LogP contribution in [-0.2, 0) is 23.0 Å². The lowest BCUT2D eigenvalue weighted by atomic mass is 10.2. The molecular formula is C9H14BrN3O2. The van der Waals surface area contributed by atoms with Crippen molar-refractivity contribution in [1.29, 1.82) is 0 Å². The Hall–Kier alpha value is -0.880. The predicted molar refractivity (Wildman–Crippen MR) is 59.2 cm³/mol. The highest BCUT2D eigenvalue weighted by Crippen LogP contribution is 2.16. The van der Waals surface area contributed by atoms with Crippen molar-refractivity contribution in [3.63, 3.8) is 0 Å². The first-order chi connectivity index (χ1) is 7.06. The molecule has 0 aliphatic carbocycles. The van der Waals surface area contributed by atoms with Gasteiger partial charge in [-0.2, -0.15) is 5.10 Å². The van der Waals surface area contributed by atoms with Crippen LogP contribution in [0.2, 0.25) is 0 Å². The molecule has 0 radical (unpaired) electrons. The number of aryl methyl sites for hydroxylation is 1. The minimum absolute atomic E-state index is 0.346. The highest BCUT2D eigenvalue weighted by atomic mass is 79.9. The van der Waals surface area contributed by atoms with Crippen LogP contribution < -0.4 is 5.73 Å². The molecule has 5 nitrogen and oxygen atoms in total. The average Bonchev–Trinajstić information content (AvgIpc) is 2.49. The number of ether oxygens (including phenoxy) is 1. The summed E-state index contributed by atoms with van der Waals surface area (Å²) < 4.78 is 7.36. The molecule has 0 spiro atoms. The third-order valence-corrected chi connectivity index (χ3v) is 2.68.